The summed E-state index contributed by atoms with van der Waals surface area (Å²) < 4.78 is 6.28. The van der Waals surface area contributed by atoms with Crippen molar-refractivity contribution in [1.82, 2.24) is 9.78 Å². The number of benzene rings is 2. The van der Waals surface area contributed by atoms with Crippen molar-refractivity contribution in [2.24, 2.45) is 5.73 Å². The predicted molar refractivity (Wildman–Crippen MR) is 108 cm³/mol. The lowest BCUT2D eigenvalue weighted by atomic mass is 10.1. The summed E-state index contributed by atoms with van der Waals surface area (Å²) >= 11 is 0. The van der Waals surface area contributed by atoms with Crippen LogP contribution >= 0.6 is 0 Å². The number of anilines is 1. The summed E-state index contributed by atoms with van der Waals surface area (Å²) in [5.74, 6) is 0. The zero-order valence-electron chi connectivity index (χ0n) is 15.6. The summed E-state index contributed by atoms with van der Waals surface area (Å²) in [6, 6.07) is 18.2. The van der Waals surface area contributed by atoms with E-state index in [0.717, 1.165) is 16.7 Å². The fourth-order valence-electron chi connectivity index (χ4n) is 2.78. The minimum atomic E-state index is -0.517. The van der Waals surface area contributed by atoms with Gasteiger partial charge in [0.2, 0.25) is 0 Å². The fourth-order valence-corrected chi connectivity index (χ4v) is 2.78. The summed E-state index contributed by atoms with van der Waals surface area (Å²) in [5, 5.41) is 7.14. The molecule has 0 saturated carbocycles. The lowest BCUT2D eigenvalue weighted by molar-refractivity contribution is 0.168. The molecule has 3 rings (SSSR count). The van der Waals surface area contributed by atoms with Gasteiger partial charge in [-0.15, -0.1) is 0 Å². The molecule has 0 aliphatic heterocycles. The molecule has 1 amide bonds. The van der Waals surface area contributed by atoms with Crippen molar-refractivity contribution in [1.29, 1.82) is 0 Å². The van der Waals surface area contributed by atoms with Crippen LogP contribution in [0, 0.1) is 0 Å². The standard InChI is InChI=1S/C21H22N4O3/c1-2-28-21(27)23-18-8-4-6-16(12-18)14-25-20(26)10-9-19(24-25)17-7-3-5-15(11-17)13-22/h3-12H,2,13-14,22H2,1H3,(H,23,27). The Morgan fingerprint density at radius 1 is 1.11 bits per heavy atom. The molecule has 1 aromatic heterocycles. The maximum Gasteiger partial charge on any atom is 0.411 e. The Morgan fingerprint density at radius 2 is 1.89 bits per heavy atom. The maximum absolute atomic E-state index is 12.3. The van der Waals surface area contributed by atoms with Gasteiger partial charge in [0.25, 0.3) is 5.56 Å². The minimum Gasteiger partial charge on any atom is -0.450 e. The molecule has 2 aromatic carbocycles. The van der Waals surface area contributed by atoms with E-state index in [4.69, 9.17) is 10.5 Å². The van der Waals surface area contributed by atoms with Gasteiger partial charge < -0.3 is 10.5 Å². The average molecular weight is 378 g/mol. The number of hydrogen-bond acceptors (Lipinski definition) is 5. The molecule has 0 spiro atoms. The molecule has 0 saturated heterocycles. The highest BCUT2D eigenvalue weighted by Gasteiger charge is 2.07. The van der Waals surface area contributed by atoms with Gasteiger partial charge in [0.15, 0.2) is 0 Å². The van der Waals surface area contributed by atoms with Crippen LogP contribution in [0.1, 0.15) is 18.1 Å². The molecule has 7 heteroatoms. The normalized spacial score (nSPS) is 10.5. The second kappa shape index (κ2) is 8.96. The molecular weight excluding hydrogens is 356 g/mol. The van der Waals surface area contributed by atoms with Crippen LogP contribution in [0.5, 0.6) is 0 Å². The van der Waals surface area contributed by atoms with Crippen LogP contribution in [0.2, 0.25) is 0 Å². The molecule has 0 unspecified atom stereocenters. The van der Waals surface area contributed by atoms with E-state index in [1.54, 1.807) is 31.2 Å². The Balaban J connectivity index is 1.84. The molecule has 3 aromatic rings. The highest BCUT2D eigenvalue weighted by molar-refractivity contribution is 5.84. The molecule has 0 aliphatic rings. The van der Waals surface area contributed by atoms with Crippen molar-refractivity contribution < 1.29 is 9.53 Å². The summed E-state index contributed by atoms with van der Waals surface area (Å²) in [4.78, 5) is 23.8. The molecule has 0 atom stereocenters. The third-order valence-corrected chi connectivity index (χ3v) is 4.11. The van der Waals surface area contributed by atoms with E-state index in [0.29, 0.717) is 24.5 Å². The fraction of sp³-hybridized carbons (Fsp3) is 0.190. The molecule has 0 bridgehead atoms. The third-order valence-electron chi connectivity index (χ3n) is 4.11. The van der Waals surface area contributed by atoms with Gasteiger partial charge in [-0.3, -0.25) is 10.1 Å². The van der Waals surface area contributed by atoms with Gasteiger partial charge in [-0.2, -0.15) is 5.10 Å². The number of amides is 1. The van der Waals surface area contributed by atoms with Crippen LogP contribution in [-0.4, -0.2) is 22.5 Å². The van der Waals surface area contributed by atoms with Crippen LogP contribution < -0.4 is 16.6 Å². The number of nitrogens with one attached hydrogen (secondary N) is 1. The van der Waals surface area contributed by atoms with Gasteiger partial charge in [0.05, 0.1) is 18.8 Å². The first-order valence-corrected chi connectivity index (χ1v) is 8.99. The van der Waals surface area contributed by atoms with Crippen molar-refractivity contribution >= 4 is 11.8 Å². The molecular formula is C21H22N4O3. The van der Waals surface area contributed by atoms with Crippen molar-refractivity contribution in [3.05, 3.63) is 82.1 Å². The number of carbonyl (C=O) groups is 1. The Hall–Kier alpha value is -3.45. The molecule has 0 aliphatic carbocycles. The Bertz CT molecular complexity index is 1030. The first-order valence-electron chi connectivity index (χ1n) is 8.99. The van der Waals surface area contributed by atoms with Crippen LogP contribution in [0.3, 0.4) is 0 Å². The van der Waals surface area contributed by atoms with Gasteiger partial charge in [-0.05, 0) is 42.3 Å². The molecule has 28 heavy (non-hydrogen) atoms. The van der Waals surface area contributed by atoms with Crippen molar-refractivity contribution in [3.63, 3.8) is 0 Å². The Morgan fingerprint density at radius 3 is 2.68 bits per heavy atom. The Kier molecular flexibility index (Phi) is 6.18. The third kappa shape index (κ3) is 4.83. The van der Waals surface area contributed by atoms with Crippen LogP contribution in [-0.2, 0) is 17.8 Å². The minimum absolute atomic E-state index is 0.206. The van der Waals surface area contributed by atoms with Crippen LogP contribution in [0.15, 0.2) is 65.5 Å². The highest BCUT2D eigenvalue weighted by atomic mass is 16.5. The van der Waals surface area contributed by atoms with Gasteiger partial charge >= 0.3 is 6.09 Å². The van der Waals surface area contributed by atoms with Gasteiger partial charge in [0, 0.05) is 23.9 Å². The van der Waals surface area contributed by atoms with E-state index in [1.807, 2.05) is 30.3 Å². The van der Waals surface area contributed by atoms with E-state index in [1.165, 1.54) is 10.7 Å². The summed E-state index contributed by atoms with van der Waals surface area (Å²) in [7, 11) is 0. The topological polar surface area (TPSA) is 99.2 Å². The second-order valence-corrected chi connectivity index (χ2v) is 6.16. The first kappa shape index (κ1) is 19.3. The average Bonchev–Trinajstić information content (AvgIpc) is 2.70. The predicted octanol–water partition coefficient (Wildman–Crippen LogP) is 2.99. The van der Waals surface area contributed by atoms with E-state index in [2.05, 4.69) is 10.4 Å². The van der Waals surface area contributed by atoms with E-state index < -0.39 is 6.09 Å². The van der Waals surface area contributed by atoms with Gasteiger partial charge in [-0.1, -0.05) is 30.3 Å². The smallest absolute Gasteiger partial charge is 0.411 e. The quantitative estimate of drug-likeness (QED) is 0.687. The Labute approximate surface area is 162 Å². The zero-order chi connectivity index (χ0) is 19.9. The van der Waals surface area contributed by atoms with Crippen LogP contribution in [0.25, 0.3) is 11.3 Å². The number of aromatic nitrogens is 2. The maximum atomic E-state index is 12.3. The van der Waals surface area contributed by atoms with Crippen LogP contribution in [0.4, 0.5) is 10.5 Å². The number of ether oxygens (including phenoxy) is 1. The number of carbonyl (C=O) groups excluding carboxylic acids is 1. The lowest BCUT2D eigenvalue weighted by Crippen LogP contribution is -2.23. The van der Waals surface area contributed by atoms with E-state index in [-0.39, 0.29) is 12.1 Å². The number of nitrogens with zero attached hydrogens (tertiary/aromatic N) is 2. The SMILES string of the molecule is CCOC(=O)Nc1cccc(Cn2nc(-c3cccc(CN)c3)ccc2=O)c1. The number of rotatable bonds is 6. The van der Waals surface area contributed by atoms with E-state index >= 15 is 0 Å². The molecule has 3 N–H and O–H groups in total. The summed E-state index contributed by atoms with van der Waals surface area (Å²) in [6.07, 6.45) is -0.517. The molecule has 7 nitrogen and oxygen atoms in total. The lowest BCUT2D eigenvalue weighted by Gasteiger charge is -2.10. The van der Waals surface area contributed by atoms with Crippen molar-refractivity contribution in [3.8, 4) is 11.3 Å². The van der Waals surface area contributed by atoms with Gasteiger partial charge in [0.1, 0.15) is 0 Å². The highest BCUT2D eigenvalue weighted by Crippen LogP contribution is 2.17. The van der Waals surface area contributed by atoms with Gasteiger partial charge in [-0.25, -0.2) is 9.48 Å². The largest absolute Gasteiger partial charge is 0.450 e. The number of hydrogen-bond donors (Lipinski definition) is 2. The molecule has 0 radical (unpaired) electrons. The second-order valence-electron chi connectivity index (χ2n) is 6.16. The van der Waals surface area contributed by atoms with Crippen molar-refractivity contribution in [2.75, 3.05) is 11.9 Å². The monoisotopic (exact) mass is 378 g/mol. The molecule has 1 heterocycles. The molecule has 144 valence electrons. The number of nitrogens with two attached hydrogens (primary N) is 1. The summed E-state index contributed by atoms with van der Waals surface area (Å²) in [6.45, 7) is 2.75. The first-order chi connectivity index (χ1) is 13.6. The zero-order valence-corrected chi connectivity index (χ0v) is 15.6. The molecule has 0 fully saturated rings. The van der Waals surface area contributed by atoms with E-state index in [9.17, 15) is 9.59 Å². The van der Waals surface area contributed by atoms with Crippen molar-refractivity contribution in [2.45, 2.75) is 20.0 Å². The summed E-state index contributed by atoms with van der Waals surface area (Å²) in [5.41, 5.74) is 9.51.